The third-order valence-electron chi connectivity index (χ3n) is 7.35. The summed E-state index contributed by atoms with van der Waals surface area (Å²) in [6.45, 7) is -0.141. The lowest BCUT2D eigenvalue weighted by molar-refractivity contribution is -0.144. The topological polar surface area (TPSA) is 66.8 Å². The zero-order valence-electron chi connectivity index (χ0n) is 22.4. The van der Waals surface area contributed by atoms with Gasteiger partial charge in [-0.2, -0.15) is 26.3 Å². The second kappa shape index (κ2) is 13.0. The minimum absolute atomic E-state index is 0.0777. The normalized spacial score (nSPS) is 17.8. The number of carbonyl (C=O) groups excluding carboxylic acids is 1. The first-order chi connectivity index (χ1) is 19.8. The number of hydrogen-bond acceptors (Lipinski definition) is 3. The predicted molar refractivity (Wildman–Crippen MR) is 141 cm³/mol. The van der Waals surface area contributed by atoms with Crippen LogP contribution >= 0.6 is 0 Å². The highest BCUT2D eigenvalue weighted by molar-refractivity contribution is 5.80. The number of carboxylic acids is 1. The lowest BCUT2D eigenvalue weighted by Gasteiger charge is -2.42. The van der Waals surface area contributed by atoms with E-state index in [4.69, 9.17) is 9.84 Å². The SMILES string of the molecule is O=C(O)CCC(=O)N1CCC(OCc2cc(C(F)(F)F)cc(C(F)(F)F)c2)C(C(c2ccccc2)c2ccccc2)C1. The largest absolute Gasteiger partial charge is 0.481 e. The van der Waals surface area contributed by atoms with Crippen molar-refractivity contribution in [2.24, 2.45) is 5.92 Å². The van der Waals surface area contributed by atoms with E-state index < -0.39 is 48.1 Å². The molecule has 0 radical (unpaired) electrons. The summed E-state index contributed by atoms with van der Waals surface area (Å²) in [6, 6.07) is 20.1. The second-order valence-corrected chi connectivity index (χ2v) is 10.2. The van der Waals surface area contributed by atoms with Crippen molar-refractivity contribution in [1.29, 1.82) is 0 Å². The molecule has 5 nitrogen and oxygen atoms in total. The monoisotopic (exact) mass is 593 g/mol. The van der Waals surface area contributed by atoms with E-state index in [0.29, 0.717) is 12.1 Å². The standard InChI is InChI=1S/C31H29F6NO4/c32-30(33,34)23-15-20(16-24(17-23)31(35,36)37)19-42-26-13-14-38(27(39)11-12-28(40)41)18-25(26)29(21-7-3-1-4-8-21)22-9-5-2-6-10-22/h1-10,15-17,25-26,29H,11-14,18-19H2,(H,40,41). The maximum absolute atomic E-state index is 13.4. The number of likely N-dealkylation sites (tertiary alicyclic amines) is 1. The van der Waals surface area contributed by atoms with Gasteiger partial charge < -0.3 is 14.7 Å². The van der Waals surface area contributed by atoms with Gasteiger partial charge in [-0.1, -0.05) is 60.7 Å². The van der Waals surface area contributed by atoms with Crippen molar-refractivity contribution in [2.75, 3.05) is 13.1 Å². The molecule has 0 spiro atoms. The van der Waals surface area contributed by atoms with Crippen LogP contribution in [0.4, 0.5) is 26.3 Å². The Morgan fingerprint density at radius 3 is 1.83 bits per heavy atom. The molecule has 224 valence electrons. The van der Waals surface area contributed by atoms with Crippen molar-refractivity contribution in [3.8, 4) is 0 Å². The Bertz CT molecular complexity index is 1290. The number of hydrogen-bond donors (Lipinski definition) is 1. The first-order valence-corrected chi connectivity index (χ1v) is 13.3. The number of halogens is 6. The van der Waals surface area contributed by atoms with E-state index in [-0.39, 0.29) is 55.8 Å². The second-order valence-electron chi connectivity index (χ2n) is 10.2. The molecule has 1 heterocycles. The van der Waals surface area contributed by atoms with Gasteiger partial charge in [0.2, 0.25) is 5.91 Å². The molecule has 4 rings (SSSR count). The fraction of sp³-hybridized carbons (Fsp3) is 0.355. The fourth-order valence-electron chi connectivity index (χ4n) is 5.40. The van der Waals surface area contributed by atoms with E-state index in [9.17, 15) is 35.9 Å². The molecule has 1 aliphatic rings. The van der Waals surface area contributed by atoms with Crippen LogP contribution in [0.5, 0.6) is 0 Å². The van der Waals surface area contributed by atoms with E-state index in [2.05, 4.69) is 0 Å². The molecule has 1 fully saturated rings. The molecule has 0 aliphatic carbocycles. The van der Waals surface area contributed by atoms with Crippen LogP contribution in [0.1, 0.15) is 53.0 Å². The number of carbonyl (C=O) groups is 2. The minimum atomic E-state index is -4.98. The molecule has 0 saturated carbocycles. The van der Waals surface area contributed by atoms with E-state index >= 15 is 0 Å². The summed E-state index contributed by atoms with van der Waals surface area (Å²) in [7, 11) is 0. The first-order valence-electron chi connectivity index (χ1n) is 13.3. The molecule has 3 aromatic rings. The Balaban J connectivity index is 1.68. The van der Waals surface area contributed by atoms with Gasteiger partial charge in [0.1, 0.15) is 0 Å². The molecule has 0 bridgehead atoms. The number of ether oxygens (including phenoxy) is 1. The number of rotatable bonds is 9. The van der Waals surface area contributed by atoms with Crippen molar-refractivity contribution >= 4 is 11.9 Å². The zero-order valence-corrected chi connectivity index (χ0v) is 22.4. The molecule has 2 atom stereocenters. The molecule has 3 aromatic carbocycles. The Kier molecular flexibility index (Phi) is 9.60. The molecule has 0 aromatic heterocycles. The summed E-state index contributed by atoms with van der Waals surface area (Å²) in [6.07, 6.45) is -10.9. The van der Waals surface area contributed by atoms with Gasteiger partial charge >= 0.3 is 18.3 Å². The van der Waals surface area contributed by atoms with Gasteiger partial charge in [0.25, 0.3) is 0 Å². The molecule has 1 amide bonds. The van der Waals surface area contributed by atoms with Gasteiger partial charge in [0, 0.05) is 31.3 Å². The van der Waals surface area contributed by atoms with Crippen LogP contribution in [-0.2, 0) is 33.3 Å². The molecule has 1 saturated heterocycles. The summed E-state index contributed by atoms with van der Waals surface area (Å²) in [5.74, 6) is -2.23. The van der Waals surface area contributed by atoms with Crippen LogP contribution < -0.4 is 0 Å². The molecule has 2 unspecified atom stereocenters. The summed E-state index contributed by atoms with van der Waals surface area (Å²) >= 11 is 0. The third kappa shape index (κ3) is 7.90. The summed E-state index contributed by atoms with van der Waals surface area (Å²) in [5.41, 5.74) is -1.33. The van der Waals surface area contributed by atoms with E-state index in [1.54, 1.807) is 4.90 Å². The molecule has 11 heteroatoms. The predicted octanol–water partition coefficient (Wildman–Crippen LogP) is 7.15. The highest BCUT2D eigenvalue weighted by atomic mass is 19.4. The molecule has 42 heavy (non-hydrogen) atoms. The number of benzene rings is 3. The Morgan fingerprint density at radius 1 is 0.833 bits per heavy atom. The summed E-state index contributed by atoms with van der Waals surface area (Å²) in [4.78, 5) is 25.5. The number of nitrogens with zero attached hydrogens (tertiary/aromatic N) is 1. The highest BCUT2D eigenvalue weighted by Gasteiger charge is 2.40. The Labute approximate surface area is 238 Å². The van der Waals surface area contributed by atoms with Gasteiger partial charge in [-0.15, -0.1) is 0 Å². The van der Waals surface area contributed by atoms with E-state index in [1.165, 1.54) is 0 Å². The highest BCUT2D eigenvalue weighted by Crippen LogP contribution is 2.40. The van der Waals surface area contributed by atoms with Crippen LogP contribution in [0.3, 0.4) is 0 Å². The van der Waals surface area contributed by atoms with Gasteiger partial charge in [0.15, 0.2) is 0 Å². The maximum atomic E-state index is 13.4. The Hall–Kier alpha value is -3.86. The maximum Gasteiger partial charge on any atom is 0.416 e. The van der Waals surface area contributed by atoms with Crippen molar-refractivity contribution in [3.05, 3.63) is 107 Å². The average Bonchev–Trinajstić information content (AvgIpc) is 2.95. The van der Waals surface area contributed by atoms with Crippen molar-refractivity contribution in [1.82, 2.24) is 4.90 Å². The molecule has 1 N–H and O–H groups in total. The smallest absolute Gasteiger partial charge is 0.416 e. The summed E-state index contributed by atoms with van der Waals surface area (Å²) < 4.78 is 86.6. The number of aliphatic carboxylic acids is 1. The molecular weight excluding hydrogens is 564 g/mol. The van der Waals surface area contributed by atoms with E-state index in [1.807, 2.05) is 60.7 Å². The van der Waals surface area contributed by atoms with Gasteiger partial charge in [0.05, 0.1) is 30.3 Å². The zero-order chi connectivity index (χ0) is 30.5. The quantitative estimate of drug-likeness (QED) is 0.268. The van der Waals surface area contributed by atoms with Crippen molar-refractivity contribution < 1.29 is 45.8 Å². The van der Waals surface area contributed by atoms with Crippen LogP contribution in [0.25, 0.3) is 0 Å². The van der Waals surface area contributed by atoms with Crippen molar-refractivity contribution in [3.63, 3.8) is 0 Å². The number of amides is 1. The fourth-order valence-corrected chi connectivity index (χ4v) is 5.40. The van der Waals surface area contributed by atoms with Crippen LogP contribution in [0.15, 0.2) is 78.9 Å². The van der Waals surface area contributed by atoms with Gasteiger partial charge in [-0.05, 0) is 41.3 Å². The van der Waals surface area contributed by atoms with Crippen LogP contribution in [0, 0.1) is 5.92 Å². The van der Waals surface area contributed by atoms with Crippen LogP contribution in [0.2, 0.25) is 0 Å². The first kappa shape index (κ1) is 31.1. The van der Waals surface area contributed by atoms with Gasteiger partial charge in [-0.3, -0.25) is 9.59 Å². The Morgan fingerprint density at radius 2 is 1.36 bits per heavy atom. The van der Waals surface area contributed by atoms with E-state index in [0.717, 1.165) is 11.1 Å². The van der Waals surface area contributed by atoms with Crippen LogP contribution in [-0.4, -0.2) is 41.1 Å². The summed E-state index contributed by atoms with van der Waals surface area (Å²) in [5, 5.41) is 9.03. The third-order valence-corrected chi connectivity index (χ3v) is 7.35. The lowest BCUT2D eigenvalue weighted by atomic mass is 9.75. The molecular formula is C31H29F6NO4. The number of carboxylic acid groups (broad SMARTS) is 1. The van der Waals surface area contributed by atoms with Gasteiger partial charge in [-0.25, -0.2) is 0 Å². The number of alkyl halides is 6. The number of piperidine rings is 1. The minimum Gasteiger partial charge on any atom is -0.481 e. The van der Waals surface area contributed by atoms with Crippen molar-refractivity contribution in [2.45, 2.75) is 50.2 Å². The lowest BCUT2D eigenvalue weighted by Crippen LogP contribution is -2.49. The average molecular weight is 594 g/mol. The molecule has 1 aliphatic heterocycles.